The van der Waals surface area contributed by atoms with Crippen molar-refractivity contribution in [2.75, 3.05) is 20.1 Å². The van der Waals surface area contributed by atoms with Gasteiger partial charge in [-0.2, -0.15) is 0 Å². The van der Waals surface area contributed by atoms with Crippen LogP contribution in [0, 0.1) is 0 Å². The van der Waals surface area contributed by atoms with Gasteiger partial charge >= 0.3 is 0 Å². The molecule has 2 aromatic carbocycles. The normalized spacial score (nSPS) is 12.5. The SMILES string of the molecule is CN(CCc1ccccc1)C(CN)CCc1ccccc1. The zero-order valence-electron chi connectivity index (χ0n) is 12.9. The molecule has 0 aliphatic heterocycles. The van der Waals surface area contributed by atoms with Crippen molar-refractivity contribution >= 4 is 0 Å². The third-order valence-corrected chi connectivity index (χ3v) is 4.10. The fourth-order valence-electron chi connectivity index (χ4n) is 2.63. The van der Waals surface area contributed by atoms with Crippen LogP contribution in [-0.4, -0.2) is 31.1 Å². The van der Waals surface area contributed by atoms with Gasteiger partial charge in [-0.25, -0.2) is 0 Å². The number of rotatable bonds is 8. The molecule has 1 unspecified atom stereocenters. The largest absolute Gasteiger partial charge is 0.329 e. The Hall–Kier alpha value is -1.64. The first-order valence-corrected chi connectivity index (χ1v) is 7.77. The molecular formula is C19H26N2. The fourth-order valence-corrected chi connectivity index (χ4v) is 2.63. The molecule has 2 nitrogen and oxygen atoms in total. The summed E-state index contributed by atoms with van der Waals surface area (Å²) in [7, 11) is 2.19. The third-order valence-electron chi connectivity index (χ3n) is 4.10. The summed E-state index contributed by atoms with van der Waals surface area (Å²) in [5.41, 5.74) is 8.75. The molecule has 0 radical (unpaired) electrons. The molecule has 0 fully saturated rings. The molecule has 0 saturated carbocycles. The van der Waals surface area contributed by atoms with Crippen molar-refractivity contribution in [1.82, 2.24) is 4.90 Å². The van der Waals surface area contributed by atoms with Gasteiger partial charge in [-0.15, -0.1) is 0 Å². The van der Waals surface area contributed by atoms with Crippen molar-refractivity contribution < 1.29 is 0 Å². The summed E-state index contributed by atoms with van der Waals surface area (Å²) in [5, 5.41) is 0. The van der Waals surface area contributed by atoms with E-state index in [-0.39, 0.29) is 0 Å². The molecule has 2 rings (SSSR count). The van der Waals surface area contributed by atoms with Crippen LogP contribution in [0.2, 0.25) is 0 Å². The minimum Gasteiger partial charge on any atom is -0.329 e. The molecule has 0 saturated heterocycles. The fraction of sp³-hybridized carbons (Fsp3) is 0.368. The second-order valence-electron chi connectivity index (χ2n) is 5.63. The van der Waals surface area contributed by atoms with Gasteiger partial charge in [0, 0.05) is 19.1 Å². The van der Waals surface area contributed by atoms with Crippen molar-refractivity contribution in [3.8, 4) is 0 Å². The number of aryl methyl sites for hydroxylation is 1. The molecule has 0 aliphatic carbocycles. The van der Waals surface area contributed by atoms with Crippen LogP contribution in [0.15, 0.2) is 60.7 Å². The molecule has 1 atom stereocenters. The quantitative estimate of drug-likeness (QED) is 0.806. The van der Waals surface area contributed by atoms with Crippen LogP contribution in [-0.2, 0) is 12.8 Å². The summed E-state index contributed by atoms with van der Waals surface area (Å²) in [6.45, 7) is 1.78. The second-order valence-corrected chi connectivity index (χ2v) is 5.63. The second kappa shape index (κ2) is 8.60. The maximum atomic E-state index is 5.97. The zero-order chi connectivity index (χ0) is 14.9. The lowest BCUT2D eigenvalue weighted by molar-refractivity contribution is 0.238. The molecule has 0 amide bonds. The van der Waals surface area contributed by atoms with Crippen LogP contribution in [0.25, 0.3) is 0 Å². The Kier molecular flexibility index (Phi) is 6.45. The summed E-state index contributed by atoms with van der Waals surface area (Å²) in [6, 6.07) is 21.8. The van der Waals surface area contributed by atoms with Crippen molar-refractivity contribution in [3.63, 3.8) is 0 Å². The van der Waals surface area contributed by atoms with Gasteiger partial charge in [0.2, 0.25) is 0 Å². The predicted molar refractivity (Wildman–Crippen MR) is 90.4 cm³/mol. The number of hydrogen-bond acceptors (Lipinski definition) is 2. The molecule has 2 N–H and O–H groups in total. The average molecular weight is 282 g/mol. The van der Waals surface area contributed by atoms with Gasteiger partial charge in [-0.3, -0.25) is 0 Å². The van der Waals surface area contributed by atoms with E-state index in [0.717, 1.165) is 32.4 Å². The van der Waals surface area contributed by atoms with Crippen molar-refractivity contribution in [1.29, 1.82) is 0 Å². The third kappa shape index (κ3) is 5.33. The van der Waals surface area contributed by atoms with E-state index in [1.807, 2.05) is 0 Å². The van der Waals surface area contributed by atoms with E-state index in [0.29, 0.717) is 6.04 Å². The topological polar surface area (TPSA) is 29.3 Å². The molecule has 0 aliphatic rings. The molecule has 0 aromatic heterocycles. The molecule has 2 aromatic rings. The summed E-state index contributed by atoms with van der Waals surface area (Å²) < 4.78 is 0. The van der Waals surface area contributed by atoms with E-state index < -0.39 is 0 Å². The highest BCUT2D eigenvalue weighted by molar-refractivity contribution is 5.15. The zero-order valence-corrected chi connectivity index (χ0v) is 12.9. The number of likely N-dealkylation sites (N-methyl/N-ethyl adjacent to an activating group) is 1. The molecule has 21 heavy (non-hydrogen) atoms. The van der Waals surface area contributed by atoms with Crippen molar-refractivity contribution in [2.45, 2.75) is 25.3 Å². The van der Waals surface area contributed by atoms with Gasteiger partial charge in [0.15, 0.2) is 0 Å². The maximum Gasteiger partial charge on any atom is 0.0218 e. The number of nitrogens with zero attached hydrogens (tertiary/aromatic N) is 1. The van der Waals surface area contributed by atoms with Crippen LogP contribution in [0.4, 0.5) is 0 Å². The summed E-state index contributed by atoms with van der Waals surface area (Å²) in [4.78, 5) is 2.40. The highest BCUT2D eigenvalue weighted by atomic mass is 15.1. The molecule has 0 bridgehead atoms. The van der Waals surface area contributed by atoms with Gasteiger partial charge in [0.05, 0.1) is 0 Å². The highest BCUT2D eigenvalue weighted by Gasteiger charge is 2.12. The number of nitrogens with two attached hydrogens (primary N) is 1. The summed E-state index contributed by atoms with van der Waals surface area (Å²) in [6.07, 6.45) is 3.30. The lowest BCUT2D eigenvalue weighted by atomic mass is 10.0. The van der Waals surface area contributed by atoms with Crippen LogP contribution in [0.1, 0.15) is 17.5 Å². The summed E-state index contributed by atoms with van der Waals surface area (Å²) >= 11 is 0. The number of hydrogen-bond donors (Lipinski definition) is 1. The van der Waals surface area contributed by atoms with Gasteiger partial charge < -0.3 is 10.6 Å². The molecule has 2 heteroatoms. The molecule has 0 spiro atoms. The van der Waals surface area contributed by atoms with Gasteiger partial charge in [-0.1, -0.05) is 60.7 Å². The van der Waals surface area contributed by atoms with E-state index in [9.17, 15) is 0 Å². The van der Waals surface area contributed by atoms with E-state index in [1.165, 1.54) is 11.1 Å². The Morgan fingerprint density at radius 2 is 1.38 bits per heavy atom. The van der Waals surface area contributed by atoms with Crippen molar-refractivity contribution in [2.24, 2.45) is 5.73 Å². The Morgan fingerprint density at radius 1 is 0.857 bits per heavy atom. The molecule has 112 valence electrons. The van der Waals surface area contributed by atoms with E-state index in [2.05, 4.69) is 72.6 Å². The number of benzene rings is 2. The smallest absolute Gasteiger partial charge is 0.0218 e. The standard InChI is InChI=1S/C19H26N2/c1-21(15-14-18-10-6-3-7-11-18)19(16-20)13-12-17-8-4-2-5-9-17/h2-11,19H,12-16,20H2,1H3. The Labute approximate surface area is 128 Å². The molecule has 0 heterocycles. The maximum absolute atomic E-state index is 5.97. The van der Waals surface area contributed by atoms with Gasteiger partial charge in [-0.05, 0) is 37.4 Å². The van der Waals surface area contributed by atoms with Crippen molar-refractivity contribution in [3.05, 3.63) is 71.8 Å². The van der Waals surface area contributed by atoms with E-state index >= 15 is 0 Å². The summed E-state index contributed by atoms with van der Waals surface area (Å²) in [5.74, 6) is 0. The average Bonchev–Trinajstić information content (AvgIpc) is 2.55. The predicted octanol–water partition coefficient (Wildman–Crippen LogP) is 3.12. The highest BCUT2D eigenvalue weighted by Crippen LogP contribution is 2.09. The monoisotopic (exact) mass is 282 g/mol. The van der Waals surface area contributed by atoms with Crippen LogP contribution < -0.4 is 5.73 Å². The minimum atomic E-state index is 0.453. The van der Waals surface area contributed by atoms with Crippen LogP contribution >= 0.6 is 0 Å². The lowest BCUT2D eigenvalue weighted by Gasteiger charge is -2.27. The Bertz CT molecular complexity index is 495. The first kappa shape index (κ1) is 15.7. The first-order valence-electron chi connectivity index (χ1n) is 7.77. The molecular weight excluding hydrogens is 256 g/mol. The Morgan fingerprint density at radius 3 is 1.90 bits per heavy atom. The lowest BCUT2D eigenvalue weighted by Crippen LogP contribution is -2.39. The van der Waals surface area contributed by atoms with Crippen LogP contribution in [0.3, 0.4) is 0 Å². The minimum absolute atomic E-state index is 0.453. The Balaban J connectivity index is 1.79. The van der Waals surface area contributed by atoms with Gasteiger partial charge in [0.1, 0.15) is 0 Å². The van der Waals surface area contributed by atoms with E-state index in [1.54, 1.807) is 0 Å². The van der Waals surface area contributed by atoms with Gasteiger partial charge in [0.25, 0.3) is 0 Å². The van der Waals surface area contributed by atoms with Crippen LogP contribution in [0.5, 0.6) is 0 Å². The van der Waals surface area contributed by atoms with E-state index in [4.69, 9.17) is 5.73 Å². The first-order chi connectivity index (χ1) is 10.3.